The minimum Gasteiger partial charge on any atom is -0.469 e. The van der Waals surface area contributed by atoms with Crippen molar-refractivity contribution >= 4 is 17.7 Å². The number of carbonyl (C=O) groups is 2. The lowest BCUT2D eigenvalue weighted by Gasteiger charge is -2.68. The van der Waals surface area contributed by atoms with Crippen molar-refractivity contribution in [3.8, 4) is 0 Å². The summed E-state index contributed by atoms with van der Waals surface area (Å²) < 4.78 is 4.68. The van der Waals surface area contributed by atoms with E-state index in [0.717, 1.165) is 0 Å². The molecule has 0 radical (unpaired) electrons. The molecule has 16 heavy (non-hydrogen) atoms. The molecule has 0 saturated heterocycles. The Morgan fingerprint density at radius 2 is 1.81 bits per heavy atom. The molecule has 6 nitrogen and oxygen atoms in total. The average Bonchev–Trinajstić information content (AvgIpc) is 2.11. The zero-order chi connectivity index (χ0) is 12.1. The second kappa shape index (κ2) is 3.04. The Hall–Kier alpha value is -1.43. The van der Waals surface area contributed by atoms with Gasteiger partial charge in [0.1, 0.15) is 5.84 Å². The van der Waals surface area contributed by atoms with E-state index >= 15 is 0 Å². The number of amidine groups is 1. The van der Waals surface area contributed by atoms with Crippen LogP contribution in [0.1, 0.15) is 26.2 Å². The number of ether oxygens (including phenoxy) is 1. The van der Waals surface area contributed by atoms with Gasteiger partial charge in [0.05, 0.1) is 12.5 Å². The fourth-order valence-corrected chi connectivity index (χ4v) is 2.85. The van der Waals surface area contributed by atoms with Crippen molar-refractivity contribution in [3.05, 3.63) is 0 Å². The third kappa shape index (κ3) is 1.13. The quantitative estimate of drug-likeness (QED) is 0.236. The molecule has 0 aromatic carbocycles. The van der Waals surface area contributed by atoms with E-state index in [1.54, 1.807) is 0 Å². The number of amides is 1. The largest absolute Gasteiger partial charge is 0.469 e. The molecule has 0 unspecified atom stereocenters. The van der Waals surface area contributed by atoms with Crippen molar-refractivity contribution in [1.82, 2.24) is 5.06 Å². The van der Waals surface area contributed by atoms with Gasteiger partial charge in [-0.1, -0.05) is 0 Å². The Bertz CT molecular complexity index is 371. The van der Waals surface area contributed by atoms with E-state index < -0.39 is 16.7 Å². The minimum atomic E-state index is -0.582. The van der Waals surface area contributed by atoms with Gasteiger partial charge in [-0.25, -0.2) is 0 Å². The van der Waals surface area contributed by atoms with Crippen molar-refractivity contribution in [3.63, 3.8) is 0 Å². The molecule has 2 bridgehead atoms. The van der Waals surface area contributed by atoms with Crippen molar-refractivity contribution in [2.75, 3.05) is 7.11 Å². The van der Waals surface area contributed by atoms with Crippen LogP contribution < -0.4 is 0 Å². The molecule has 3 saturated carbocycles. The maximum absolute atomic E-state index is 11.4. The highest BCUT2D eigenvalue weighted by molar-refractivity contribution is 6.01. The average molecular weight is 226 g/mol. The molecule has 88 valence electrons. The monoisotopic (exact) mass is 226 g/mol. The summed E-state index contributed by atoms with van der Waals surface area (Å²) in [4.78, 5) is 22.3. The summed E-state index contributed by atoms with van der Waals surface area (Å²) in [7, 11) is 1.34. The zero-order valence-electron chi connectivity index (χ0n) is 9.24. The third-order valence-electron chi connectivity index (χ3n) is 3.66. The number of methoxy groups -OCH3 is 1. The van der Waals surface area contributed by atoms with Crippen LogP contribution in [0.3, 0.4) is 0 Å². The lowest BCUT2D eigenvalue weighted by atomic mass is 9.34. The number of nitrogens with zero attached hydrogens (tertiary/aromatic N) is 1. The Kier molecular flexibility index (Phi) is 2.10. The molecule has 0 aromatic rings. The molecule has 3 aliphatic rings. The lowest BCUT2D eigenvalue weighted by Crippen LogP contribution is -2.70. The van der Waals surface area contributed by atoms with E-state index in [2.05, 4.69) is 4.74 Å². The molecular formula is C10H14N2O4. The van der Waals surface area contributed by atoms with Crippen LogP contribution in [0.25, 0.3) is 0 Å². The summed E-state index contributed by atoms with van der Waals surface area (Å²) >= 11 is 0. The van der Waals surface area contributed by atoms with Crippen LogP contribution in [-0.2, 0) is 14.3 Å². The molecule has 1 amide bonds. The van der Waals surface area contributed by atoms with Gasteiger partial charge < -0.3 is 4.74 Å². The Morgan fingerprint density at radius 1 is 1.31 bits per heavy atom. The number of hydroxylamine groups is 2. The van der Waals surface area contributed by atoms with Gasteiger partial charge in [-0.15, -0.1) is 0 Å². The highest BCUT2D eigenvalue weighted by Gasteiger charge is 2.75. The zero-order valence-corrected chi connectivity index (χ0v) is 9.24. The van der Waals surface area contributed by atoms with E-state index in [9.17, 15) is 14.8 Å². The van der Waals surface area contributed by atoms with Crippen LogP contribution in [-0.4, -0.2) is 35.1 Å². The number of nitrogens with one attached hydrogen (secondary N) is 1. The summed E-state index contributed by atoms with van der Waals surface area (Å²) in [6.07, 6.45) is 1.49. The highest BCUT2D eigenvalue weighted by Crippen LogP contribution is 2.74. The summed E-state index contributed by atoms with van der Waals surface area (Å²) in [6, 6.07) is 0. The number of hydrogen-bond acceptors (Lipinski definition) is 5. The third-order valence-corrected chi connectivity index (χ3v) is 3.66. The molecule has 0 aliphatic heterocycles. The summed E-state index contributed by atoms with van der Waals surface area (Å²) in [5, 5.41) is 17.4. The van der Waals surface area contributed by atoms with E-state index in [4.69, 9.17) is 5.41 Å². The molecule has 3 rings (SSSR count). The fraction of sp³-hybridized carbons (Fsp3) is 0.700. The highest BCUT2D eigenvalue weighted by atomic mass is 16.5. The SMILES string of the molecule is COC(=O)C12CC(C(=N)N(O)C(C)=O)(C1)C2. The lowest BCUT2D eigenvalue weighted by molar-refractivity contribution is -0.209. The van der Waals surface area contributed by atoms with Gasteiger partial charge in [0, 0.05) is 12.3 Å². The van der Waals surface area contributed by atoms with Crippen molar-refractivity contribution in [2.45, 2.75) is 26.2 Å². The van der Waals surface area contributed by atoms with E-state index in [-0.39, 0.29) is 11.8 Å². The van der Waals surface area contributed by atoms with Gasteiger partial charge in [-0.3, -0.25) is 20.2 Å². The van der Waals surface area contributed by atoms with Crippen LogP contribution in [0.15, 0.2) is 0 Å². The first-order valence-corrected chi connectivity index (χ1v) is 5.04. The van der Waals surface area contributed by atoms with Crippen molar-refractivity contribution in [2.24, 2.45) is 10.8 Å². The molecule has 0 aromatic heterocycles. The predicted molar refractivity (Wildman–Crippen MR) is 52.8 cm³/mol. The van der Waals surface area contributed by atoms with Gasteiger partial charge in [0.2, 0.25) is 5.91 Å². The van der Waals surface area contributed by atoms with E-state index in [0.29, 0.717) is 24.3 Å². The maximum atomic E-state index is 11.4. The predicted octanol–water partition coefficient (Wildman–Crippen LogP) is 0.545. The first-order valence-electron chi connectivity index (χ1n) is 5.04. The van der Waals surface area contributed by atoms with Crippen LogP contribution in [0.2, 0.25) is 0 Å². The number of rotatable bonds is 2. The number of esters is 1. The van der Waals surface area contributed by atoms with Crippen LogP contribution >= 0.6 is 0 Å². The number of hydrogen-bond donors (Lipinski definition) is 2. The fourth-order valence-electron chi connectivity index (χ4n) is 2.85. The summed E-state index contributed by atoms with van der Waals surface area (Å²) in [5.74, 6) is -0.942. The minimum absolute atomic E-state index is 0.106. The normalized spacial score (nSPS) is 34.4. The second-order valence-corrected chi connectivity index (χ2v) is 4.76. The molecule has 2 N–H and O–H groups in total. The van der Waals surface area contributed by atoms with Gasteiger partial charge in [-0.05, 0) is 19.3 Å². The van der Waals surface area contributed by atoms with Crippen LogP contribution in [0.5, 0.6) is 0 Å². The topological polar surface area (TPSA) is 90.7 Å². The molecule has 0 spiro atoms. The summed E-state index contributed by atoms with van der Waals surface area (Å²) in [5.41, 5.74) is -0.951. The van der Waals surface area contributed by atoms with Crippen LogP contribution in [0, 0.1) is 16.2 Å². The first-order chi connectivity index (χ1) is 7.37. The Balaban J connectivity index is 2.01. The second-order valence-electron chi connectivity index (χ2n) is 4.76. The molecular weight excluding hydrogens is 212 g/mol. The number of carbonyl (C=O) groups excluding carboxylic acids is 2. The van der Waals surface area contributed by atoms with Gasteiger partial charge >= 0.3 is 5.97 Å². The van der Waals surface area contributed by atoms with Gasteiger partial charge in [0.25, 0.3) is 0 Å². The van der Waals surface area contributed by atoms with Crippen molar-refractivity contribution < 1.29 is 19.5 Å². The molecule has 0 heterocycles. The van der Waals surface area contributed by atoms with E-state index in [1.165, 1.54) is 14.0 Å². The Labute approximate surface area is 92.6 Å². The summed E-state index contributed by atoms with van der Waals surface area (Å²) in [6.45, 7) is 1.19. The Morgan fingerprint density at radius 3 is 2.19 bits per heavy atom. The van der Waals surface area contributed by atoms with Gasteiger partial charge in [0.15, 0.2) is 0 Å². The molecule has 3 fully saturated rings. The van der Waals surface area contributed by atoms with Crippen LogP contribution in [0.4, 0.5) is 0 Å². The standard InChI is InChI=1S/C10H14N2O4/c1-6(13)12(15)7(11)9-3-10(4-9,5-9)8(14)16-2/h11,15H,3-5H2,1-2H3. The maximum Gasteiger partial charge on any atom is 0.311 e. The van der Waals surface area contributed by atoms with Gasteiger partial charge in [-0.2, -0.15) is 5.06 Å². The smallest absolute Gasteiger partial charge is 0.311 e. The first kappa shape index (κ1) is 11.1. The van der Waals surface area contributed by atoms with Crippen molar-refractivity contribution in [1.29, 1.82) is 5.41 Å². The molecule has 0 atom stereocenters. The molecule has 3 aliphatic carbocycles. The molecule has 6 heteroatoms. The van der Waals surface area contributed by atoms with E-state index in [1.807, 2.05) is 0 Å².